The third-order valence-corrected chi connectivity index (χ3v) is 1.94. The van der Waals surface area contributed by atoms with Gasteiger partial charge in [-0.1, -0.05) is 33.6 Å². The summed E-state index contributed by atoms with van der Waals surface area (Å²) >= 11 is 13.9. The van der Waals surface area contributed by atoms with Crippen molar-refractivity contribution in [1.29, 1.82) is 0 Å². The van der Waals surface area contributed by atoms with Crippen molar-refractivity contribution in [3.05, 3.63) is 11.6 Å². The van der Waals surface area contributed by atoms with Crippen LogP contribution < -0.4 is 0 Å². The number of halogens is 3. The second-order valence-electron chi connectivity index (χ2n) is 0.989. The van der Waals surface area contributed by atoms with E-state index in [4.69, 9.17) is 23.2 Å². The van der Waals surface area contributed by atoms with E-state index in [1.54, 1.807) is 6.08 Å². The van der Waals surface area contributed by atoms with E-state index in [0.29, 0.717) is 0 Å². The minimum atomic E-state index is 0.0255. The quantitative estimate of drug-likeness (QED) is 0.606. The van der Waals surface area contributed by atoms with Gasteiger partial charge >= 0.3 is 0 Å². The number of hydrogen-bond acceptors (Lipinski definition) is 0. The molecule has 0 aromatic rings. The monoisotopic (exact) mass is 202 g/mol. The van der Waals surface area contributed by atoms with Gasteiger partial charge < -0.3 is 0 Å². The third-order valence-electron chi connectivity index (χ3n) is 0.429. The van der Waals surface area contributed by atoms with Crippen LogP contribution in [0.2, 0.25) is 0 Å². The van der Waals surface area contributed by atoms with Gasteiger partial charge in [-0.15, -0.1) is 11.6 Å². The van der Waals surface area contributed by atoms with Crippen LogP contribution in [0.5, 0.6) is 0 Å². The van der Waals surface area contributed by atoms with Crippen molar-refractivity contribution in [2.45, 2.75) is 5.38 Å². The average molecular weight is 204 g/mol. The largest absolute Gasteiger partial charge is 0.118 e. The molecule has 0 amide bonds. The topological polar surface area (TPSA) is 0 Å². The van der Waals surface area contributed by atoms with Crippen molar-refractivity contribution in [1.82, 2.24) is 0 Å². The van der Waals surface area contributed by atoms with Crippen LogP contribution in [0.15, 0.2) is 11.6 Å². The summed E-state index contributed by atoms with van der Waals surface area (Å²) in [6.45, 7) is 0. The fraction of sp³-hybridized carbons (Fsp3) is 0.500. The molecule has 3 heteroatoms. The number of alkyl halides is 2. The molecule has 0 aliphatic carbocycles. The van der Waals surface area contributed by atoms with Gasteiger partial charge in [0.2, 0.25) is 0 Å². The first-order valence-corrected chi connectivity index (χ1v) is 3.77. The summed E-state index contributed by atoms with van der Waals surface area (Å²) in [5.41, 5.74) is 1.42. The van der Waals surface area contributed by atoms with Gasteiger partial charge in [0, 0.05) is 10.9 Å². The summed E-state index contributed by atoms with van der Waals surface area (Å²) in [5.74, 6) is 0. The lowest BCUT2D eigenvalue weighted by Crippen LogP contribution is -1.90. The van der Waals surface area contributed by atoms with Crippen LogP contribution >= 0.6 is 39.1 Å². The normalized spacial score (nSPS) is 15.3. The van der Waals surface area contributed by atoms with Crippen LogP contribution in [0.3, 0.4) is 0 Å². The Balaban J connectivity index is 3.16. The van der Waals surface area contributed by atoms with Gasteiger partial charge in [-0.3, -0.25) is 0 Å². The predicted molar refractivity (Wildman–Crippen MR) is 38.4 cm³/mol. The van der Waals surface area contributed by atoms with E-state index in [0.717, 1.165) is 5.33 Å². The fourth-order valence-electron chi connectivity index (χ4n) is 0.130. The van der Waals surface area contributed by atoms with Crippen LogP contribution in [0, 0.1) is 0 Å². The fourth-order valence-corrected chi connectivity index (χ4v) is 0.669. The standard InChI is InChI=1S/C4H5BrCl2/c5-3-4(7)1-2-6/h1-2,4H,3H2. The minimum Gasteiger partial charge on any atom is -0.118 e. The van der Waals surface area contributed by atoms with Crippen molar-refractivity contribution in [2.24, 2.45) is 0 Å². The lowest BCUT2D eigenvalue weighted by atomic mass is 10.5. The molecule has 0 nitrogen and oxygen atoms in total. The van der Waals surface area contributed by atoms with Gasteiger partial charge in [-0.05, 0) is 0 Å². The highest BCUT2D eigenvalue weighted by Gasteiger charge is 1.91. The molecule has 1 unspecified atom stereocenters. The van der Waals surface area contributed by atoms with E-state index in [1.807, 2.05) is 0 Å². The van der Waals surface area contributed by atoms with Crippen LogP contribution in [-0.4, -0.2) is 10.7 Å². The Morgan fingerprint density at radius 3 is 2.43 bits per heavy atom. The molecule has 0 heterocycles. The molecule has 0 radical (unpaired) electrons. The molecule has 0 aromatic heterocycles. The zero-order chi connectivity index (χ0) is 5.70. The zero-order valence-electron chi connectivity index (χ0n) is 3.57. The van der Waals surface area contributed by atoms with E-state index in [1.165, 1.54) is 5.54 Å². The second kappa shape index (κ2) is 4.95. The van der Waals surface area contributed by atoms with Crippen molar-refractivity contribution < 1.29 is 0 Å². The Morgan fingerprint density at radius 1 is 1.71 bits per heavy atom. The number of rotatable bonds is 2. The lowest BCUT2D eigenvalue weighted by molar-refractivity contribution is 1.27. The van der Waals surface area contributed by atoms with E-state index in [9.17, 15) is 0 Å². The summed E-state index contributed by atoms with van der Waals surface area (Å²) in [5, 5.41) is 0.773. The first-order chi connectivity index (χ1) is 3.31. The molecule has 1 atom stereocenters. The third kappa shape index (κ3) is 4.66. The molecule has 0 saturated heterocycles. The highest BCUT2D eigenvalue weighted by Crippen LogP contribution is 2.01. The summed E-state index contributed by atoms with van der Waals surface area (Å²) < 4.78 is 0. The molecule has 7 heavy (non-hydrogen) atoms. The summed E-state index contributed by atoms with van der Waals surface area (Å²) in [6, 6.07) is 0. The lowest BCUT2D eigenvalue weighted by Gasteiger charge is -1.90. The zero-order valence-corrected chi connectivity index (χ0v) is 6.67. The molecule has 0 aliphatic rings. The first-order valence-electron chi connectivity index (χ1n) is 1.78. The van der Waals surface area contributed by atoms with Gasteiger partial charge in [0.1, 0.15) is 0 Å². The smallest absolute Gasteiger partial charge is 0.0624 e. The molecule has 0 aliphatic heterocycles. The van der Waals surface area contributed by atoms with E-state index < -0.39 is 0 Å². The molecule has 0 rings (SSSR count). The molecule has 0 aromatic carbocycles. The van der Waals surface area contributed by atoms with Crippen molar-refractivity contribution in [3.63, 3.8) is 0 Å². The maximum atomic E-state index is 5.55. The van der Waals surface area contributed by atoms with Crippen molar-refractivity contribution >= 4 is 39.1 Å². The molecule has 0 fully saturated rings. The van der Waals surface area contributed by atoms with Gasteiger partial charge in [0.15, 0.2) is 0 Å². The average Bonchev–Trinajstić information content (AvgIpc) is 1.68. The van der Waals surface area contributed by atoms with Crippen molar-refractivity contribution in [2.75, 3.05) is 5.33 Å². The van der Waals surface area contributed by atoms with E-state index in [-0.39, 0.29) is 5.38 Å². The van der Waals surface area contributed by atoms with E-state index in [2.05, 4.69) is 15.9 Å². The Labute approximate surface area is 61.6 Å². The highest BCUT2D eigenvalue weighted by atomic mass is 79.9. The predicted octanol–water partition coefficient (Wildman–Crippen LogP) is 2.74. The molecule has 0 bridgehead atoms. The first kappa shape index (κ1) is 7.80. The maximum absolute atomic E-state index is 5.55. The van der Waals surface area contributed by atoms with Gasteiger partial charge in [0.05, 0.1) is 5.38 Å². The van der Waals surface area contributed by atoms with Gasteiger partial charge in [0.25, 0.3) is 0 Å². The summed E-state index contributed by atoms with van der Waals surface area (Å²) in [6.07, 6.45) is 1.71. The Kier molecular flexibility index (Phi) is 5.51. The van der Waals surface area contributed by atoms with Gasteiger partial charge in [-0.25, -0.2) is 0 Å². The minimum absolute atomic E-state index is 0.0255. The molecule has 0 spiro atoms. The summed E-state index contributed by atoms with van der Waals surface area (Å²) in [7, 11) is 0. The van der Waals surface area contributed by atoms with Crippen LogP contribution in [0.4, 0.5) is 0 Å². The molecule has 0 N–H and O–H groups in total. The Morgan fingerprint density at radius 2 is 2.29 bits per heavy atom. The van der Waals surface area contributed by atoms with Crippen LogP contribution in [0.25, 0.3) is 0 Å². The van der Waals surface area contributed by atoms with Crippen LogP contribution in [0.1, 0.15) is 0 Å². The molecular formula is C4H5BrCl2. The highest BCUT2D eigenvalue weighted by molar-refractivity contribution is 9.09. The Bertz CT molecular complexity index is 62.7. The van der Waals surface area contributed by atoms with Gasteiger partial charge in [-0.2, -0.15) is 0 Å². The maximum Gasteiger partial charge on any atom is 0.0624 e. The second-order valence-corrected chi connectivity index (χ2v) is 2.45. The molecular weight excluding hydrogens is 199 g/mol. The summed E-state index contributed by atoms with van der Waals surface area (Å²) in [4.78, 5) is 0. The van der Waals surface area contributed by atoms with Crippen LogP contribution in [-0.2, 0) is 0 Å². The molecule has 0 saturated carbocycles. The van der Waals surface area contributed by atoms with Crippen molar-refractivity contribution in [3.8, 4) is 0 Å². The number of allylic oxidation sites excluding steroid dienone is 1. The Hall–Kier alpha value is 0.800. The molecule has 42 valence electrons. The van der Waals surface area contributed by atoms with E-state index >= 15 is 0 Å². The number of hydrogen-bond donors (Lipinski definition) is 0. The SMILES string of the molecule is ClC=CC(Cl)CBr.